The molecule has 3 rings (SSSR count). The average molecular weight is 412 g/mol. The van der Waals surface area contributed by atoms with Crippen molar-refractivity contribution < 1.29 is 9.53 Å². The lowest BCUT2D eigenvalue weighted by Crippen LogP contribution is -2.24. The Morgan fingerprint density at radius 1 is 0.935 bits per heavy atom. The van der Waals surface area contributed by atoms with Crippen molar-refractivity contribution >= 4 is 5.97 Å². The molecular formula is C28H29NO2. The Morgan fingerprint density at radius 2 is 1.58 bits per heavy atom. The highest BCUT2D eigenvalue weighted by atomic mass is 16.5. The van der Waals surface area contributed by atoms with Crippen LogP contribution < -0.4 is 5.32 Å². The summed E-state index contributed by atoms with van der Waals surface area (Å²) in [6.45, 7) is 6.74. The summed E-state index contributed by atoms with van der Waals surface area (Å²) in [6, 6.07) is 28.4. The van der Waals surface area contributed by atoms with Gasteiger partial charge >= 0.3 is 5.97 Å². The molecule has 0 aliphatic heterocycles. The highest BCUT2D eigenvalue weighted by molar-refractivity contribution is 5.79. The number of ether oxygens (including phenoxy) is 1. The standard InChI is InChI=1S/C28H29NO2/c1-22(26-15-8-5-9-16-26)29-20-25-14-10-13-23(19-25)17-18-28(2,3)27(30)31-21-24-11-6-4-7-12-24/h4-16,19,22,29H,20-21H2,1-3H3. The van der Waals surface area contributed by atoms with Gasteiger partial charge in [-0.2, -0.15) is 0 Å². The molecule has 3 heteroatoms. The maximum Gasteiger partial charge on any atom is 0.324 e. The third kappa shape index (κ3) is 6.84. The number of esters is 1. The zero-order valence-electron chi connectivity index (χ0n) is 18.4. The van der Waals surface area contributed by atoms with Gasteiger partial charge in [0, 0.05) is 18.2 Å². The van der Waals surface area contributed by atoms with E-state index in [1.54, 1.807) is 13.8 Å². The van der Waals surface area contributed by atoms with Gasteiger partial charge in [0.05, 0.1) is 0 Å². The van der Waals surface area contributed by atoms with E-state index in [1.165, 1.54) is 5.56 Å². The maximum atomic E-state index is 12.5. The smallest absolute Gasteiger partial charge is 0.324 e. The van der Waals surface area contributed by atoms with Crippen molar-refractivity contribution in [1.82, 2.24) is 5.32 Å². The molecule has 3 nitrogen and oxygen atoms in total. The fourth-order valence-corrected chi connectivity index (χ4v) is 3.07. The highest BCUT2D eigenvalue weighted by Crippen LogP contribution is 2.18. The molecule has 0 radical (unpaired) electrons. The lowest BCUT2D eigenvalue weighted by Gasteiger charge is -2.16. The average Bonchev–Trinajstić information content (AvgIpc) is 2.81. The zero-order chi connectivity index (χ0) is 22.1. The Hall–Kier alpha value is -3.35. The van der Waals surface area contributed by atoms with Crippen LogP contribution in [-0.4, -0.2) is 5.97 Å². The third-order valence-electron chi connectivity index (χ3n) is 5.08. The van der Waals surface area contributed by atoms with Crippen LogP contribution >= 0.6 is 0 Å². The number of rotatable bonds is 7. The van der Waals surface area contributed by atoms with Crippen LogP contribution in [0.2, 0.25) is 0 Å². The summed E-state index contributed by atoms with van der Waals surface area (Å²) in [4.78, 5) is 12.5. The van der Waals surface area contributed by atoms with E-state index in [0.29, 0.717) is 0 Å². The molecule has 0 spiro atoms. The fourth-order valence-electron chi connectivity index (χ4n) is 3.07. The van der Waals surface area contributed by atoms with Gasteiger partial charge in [-0.25, -0.2) is 0 Å². The Labute approximate surface area is 185 Å². The summed E-state index contributed by atoms with van der Waals surface area (Å²) in [6.07, 6.45) is 0. The molecule has 0 heterocycles. The molecule has 3 aromatic rings. The van der Waals surface area contributed by atoms with E-state index in [4.69, 9.17) is 4.74 Å². The molecule has 0 bridgehead atoms. The van der Waals surface area contributed by atoms with Crippen molar-refractivity contribution in [3.8, 4) is 11.8 Å². The first-order valence-electron chi connectivity index (χ1n) is 10.6. The van der Waals surface area contributed by atoms with E-state index in [0.717, 1.165) is 23.2 Å². The first kappa shape index (κ1) is 22.3. The van der Waals surface area contributed by atoms with E-state index >= 15 is 0 Å². The number of carbonyl (C=O) groups excluding carboxylic acids is 1. The lowest BCUT2D eigenvalue weighted by atomic mass is 9.94. The molecule has 158 valence electrons. The molecule has 0 saturated heterocycles. The molecule has 0 aromatic heterocycles. The minimum absolute atomic E-state index is 0.255. The van der Waals surface area contributed by atoms with Crippen molar-refractivity contribution in [2.45, 2.75) is 40.0 Å². The number of carbonyl (C=O) groups is 1. The molecule has 31 heavy (non-hydrogen) atoms. The van der Waals surface area contributed by atoms with Crippen molar-refractivity contribution in [2.24, 2.45) is 5.41 Å². The molecular weight excluding hydrogens is 382 g/mol. The monoisotopic (exact) mass is 411 g/mol. The van der Waals surface area contributed by atoms with Crippen LogP contribution in [0.25, 0.3) is 0 Å². The molecule has 0 amide bonds. The van der Waals surface area contributed by atoms with Crippen molar-refractivity contribution in [1.29, 1.82) is 0 Å². The molecule has 3 aromatic carbocycles. The first-order valence-corrected chi connectivity index (χ1v) is 10.6. The number of hydrogen-bond donors (Lipinski definition) is 1. The van der Waals surface area contributed by atoms with Gasteiger partial charge in [0.15, 0.2) is 0 Å². The van der Waals surface area contributed by atoms with Crippen LogP contribution in [0.5, 0.6) is 0 Å². The first-order chi connectivity index (χ1) is 14.9. The normalized spacial score (nSPS) is 11.8. The molecule has 1 atom stereocenters. The van der Waals surface area contributed by atoms with Crippen LogP contribution in [0, 0.1) is 17.3 Å². The zero-order valence-corrected chi connectivity index (χ0v) is 18.4. The van der Waals surface area contributed by atoms with E-state index in [2.05, 4.69) is 60.5 Å². The fraction of sp³-hybridized carbons (Fsp3) is 0.250. The van der Waals surface area contributed by atoms with Crippen LogP contribution in [-0.2, 0) is 22.7 Å². The van der Waals surface area contributed by atoms with Gasteiger partial charge in [0.25, 0.3) is 0 Å². The second-order valence-electron chi connectivity index (χ2n) is 8.15. The summed E-state index contributed by atoms with van der Waals surface area (Å²) in [5.41, 5.74) is 3.37. The van der Waals surface area contributed by atoms with E-state index < -0.39 is 5.41 Å². The largest absolute Gasteiger partial charge is 0.460 e. The Kier molecular flexibility index (Phi) is 7.65. The molecule has 1 N–H and O–H groups in total. The number of nitrogens with one attached hydrogen (secondary N) is 1. The summed E-state index contributed by atoms with van der Waals surface area (Å²) in [5.74, 6) is 5.91. The summed E-state index contributed by atoms with van der Waals surface area (Å²) in [5, 5.41) is 3.54. The van der Waals surface area contributed by atoms with Gasteiger partial charge in [0.1, 0.15) is 12.0 Å². The van der Waals surface area contributed by atoms with E-state index in [-0.39, 0.29) is 18.6 Å². The minimum Gasteiger partial charge on any atom is -0.460 e. The Balaban J connectivity index is 1.59. The number of benzene rings is 3. The maximum absolute atomic E-state index is 12.5. The molecule has 1 unspecified atom stereocenters. The summed E-state index contributed by atoms with van der Waals surface area (Å²) in [7, 11) is 0. The predicted molar refractivity (Wildman–Crippen MR) is 125 cm³/mol. The van der Waals surface area contributed by atoms with Gasteiger partial charge in [-0.05, 0) is 49.6 Å². The van der Waals surface area contributed by atoms with Gasteiger partial charge in [-0.1, -0.05) is 84.6 Å². The van der Waals surface area contributed by atoms with Crippen LogP contribution in [0.15, 0.2) is 84.9 Å². The number of hydrogen-bond acceptors (Lipinski definition) is 3. The van der Waals surface area contributed by atoms with Crippen LogP contribution in [0.3, 0.4) is 0 Å². The second kappa shape index (κ2) is 10.6. The molecule has 0 fully saturated rings. The quantitative estimate of drug-likeness (QED) is 0.403. The van der Waals surface area contributed by atoms with Crippen molar-refractivity contribution in [2.75, 3.05) is 0 Å². The van der Waals surface area contributed by atoms with Gasteiger partial charge < -0.3 is 10.1 Å². The third-order valence-corrected chi connectivity index (χ3v) is 5.08. The second-order valence-corrected chi connectivity index (χ2v) is 8.15. The summed E-state index contributed by atoms with van der Waals surface area (Å²) < 4.78 is 5.46. The Morgan fingerprint density at radius 3 is 2.29 bits per heavy atom. The molecule has 0 saturated carbocycles. The van der Waals surface area contributed by atoms with Crippen LogP contribution in [0.1, 0.15) is 49.1 Å². The molecule has 0 aliphatic rings. The highest BCUT2D eigenvalue weighted by Gasteiger charge is 2.27. The van der Waals surface area contributed by atoms with Crippen molar-refractivity contribution in [3.05, 3.63) is 107 Å². The topological polar surface area (TPSA) is 38.3 Å². The predicted octanol–water partition coefficient (Wildman–Crippen LogP) is 5.66. The summed E-state index contributed by atoms with van der Waals surface area (Å²) >= 11 is 0. The van der Waals surface area contributed by atoms with Gasteiger partial charge in [-0.3, -0.25) is 4.79 Å². The lowest BCUT2D eigenvalue weighted by molar-refractivity contribution is -0.152. The van der Waals surface area contributed by atoms with Gasteiger partial charge in [-0.15, -0.1) is 0 Å². The van der Waals surface area contributed by atoms with Crippen molar-refractivity contribution in [3.63, 3.8) is 0 Å². The van der Waals surface area contributed by atoms with Crippen LogP contribution in [0.4, 0.5) is 0 Å². The molecule has 0 aliphatic carbocycles. The SMILES string of the molecule is CC(NCc1cccc(C#CC(C)(C)C(=O)OCc2ccccc2)c1)c1ccccc1. The van der Waals surface area contributed by atoms with Gasteiger partial charge in [0.2, 0.25) is 0 Å². The Bertz CT molecular complexity index is 1050. The van der Waals surface area contributed by atoms with E-state index in [1.807, 2.05) is 48.5 Å². The van der Waals surface area contributed by atoms with E-state index in [9.17, 15) is 4.79 Å². The minimum atomic E-state index is -0.884.